The number of rotatable bonds is 4. The molecule has 0 atom stereocenters. The fourth-order valence-corrected chi connectivity index (χ4v) is 2.27. The normalized spacial score (nSPS) is 19.1. The molecule has 5 nitrogen and oxygen atoms in total. The maximum Gasteiger partial charge on any atom is 0.498 e. The van der Waals surface area contributed by atoms with Gasteiger partial charge in [-0.3, -0.25) is 4.79 Å². The van der Waals surface area contributed by atoms with Crippen LogP contribution in [0.5, 0.6) is 5.75 Å². The van der Waals surface area contributed by atoms with Gasteiger partial charge in [0.25, 0.3) is 0 Å². The SMILES string of the molecule is COC(=O)Cc1ccc(B2OC(C)(C)C(C)(C)O2)c(OC)c1. The van der Waals surface area contributed by atoms with Crippen molar-refractivity contribution in [1.29, 1.82) is 0 Å². The average Bonchev–Trinajstić information content (AvgIpc) is 2.66. The lowest BCUT2D eigenvalue weighted by molar-refractivity contribution is -0.139. The molecule has 1 heterocycles. The first-order valence-electron chi connectivity index (χ1n) is 7.29. The molecule has 0 spiro atoms. The number of hydrogen-bond donors (Lipinski definition) is 0. The number of carbonyl (C=O) groups is 1. The third-order valence-corrected chi connectivity index (χ3v) is 4.38. The van der Waals surface area contributed by atoms with Crippen molar-refractivity contribution in [3.05, 3.63) is 23.8 Å². The van der Waals surface area contributed by atoms with Gasteiger partial charge >= 0.3 is 13.1 Å². The van der Waals surface area contributed by atoms with Crippen molar-refractivity contribution in [2.24, 2.45) is 0 Å². The summed E-state index contributed by atoms with van der Waals surface area (Å²) in [4.78, 5) is 11.4. The van der Waals surface area contributed by atoms with Crippen LogP contribution in [-0.2, 0) is 25.3 Å². The molecule has 1 aliphatic rings. The van der Waals surface area contributed by atoms with Gasteiger partial charge in [-0.15, -0.1) is 0 Å². The third kappa shape index (κ3) is 3.13. The van der Waals surface area contributed by atoms with Crippen molar-refractivity contribution in [3.63, 3.8) is 0 Å². The Balaban J connectivity index is 2.27. The van der Waals surface area contributed by atoms with Crippen LogP contribution in [0.3, 0.4) is 0 Å². The predicted molar refractivity (Wildman–Crippen MR) is 84.4 cm³/mol. The second-order valence-corrected chi connectivity index (χ2v) is 6.42. The summed E-state index contributed by atoms with van der Waals surface area (Å²) in [6.07, 6.45) is 0.205. The molecule has 22 heavy (non-hydrogen) atoms. The van der Waals surface area contributed by atoms with E-state index in [9.17, 15) is 4.79 Å². The van der Waals surface area contributed by atoms with Gasteiger partial charge in [0.05, 0.1) is 31.8 Å². The molecule has 1 aliphatic heterocycles. The van der Waals surface area contributed by atoms with Crippen LogP contribution in [0, 0.1) is 0 Å². The molecule has 6 heteroatoms. The van der Waals surface area contributed by atoms with Crippen LogP contribution in [0.4, 0.5) is 0 Å². The molecule has 2 rings (SSSR count). The number of hydrogen-bond acceptors (Lipinski definition) is 5. The van der Waals surface area contributed by atoms with Crippen molar-refractivity contribution >= 4 is 18.6 Å². The smallest absolute Gasteiger partial charge is 0.497 e. The highest BCUT2D eigenvalue weighted by atomic mass is 16.7. The van der Waals surface area contributed by atoms with E-state index in [4.69, 9.17) is 14.0 Å². The van der Waals surface area contributed by atoms with E-state index in [1.807, 2.05) is 45.9 Å². The van der Waals surface area contributed by atoms with Gasteiger partial charge < -0.3 is 18.8 Å². The lowest BCUT2D eigenvalue weighted by Crippen LogP contribution is -2.41. The molecule has 0 aromatic heterocycles. The van der Waals surface area contributed by atoms with Gasteiger partial charge in [-0.05, 0) is 39.3 Å². The third-order valence-electron chi connectivity index (χ3n) is 4.38. The van der Waals surface area contributed by atoms with E-state index in [1.165, 1.54) is 7.11 Å². The van der Waals surface area contributed by atoms with Gasteiger partial charge in [0.2, 0.25) is 0 Å². The maximum atomic E-state index is 11.4. The van der Waals surface area contributed by atoms with E-state index in [0.29, 0.717) is 5.75 Å². The molecule has 0 bridgehead atoms. The van der Waals surface area contributed by atoms with Crippen LogP contribution in [0.25, 0.3) is 0 Å². The lowest BCUT2D eigenvalue weighted by atomic mass is 9.78. The zero-order valence-electron chi connectivity index (χ0n) is 14.1. The average molecular weight is 306 g/mol. The quantitative estimate of drug-likeness (QED) is 0.626. The van der Waals surface area contributed by atoms with Crippen molar-refractivity contribution in [2.45, 2.75) is 45.3 Å². The summed E-state index contributed by atoms with van der Waals surface area (Å²) in [5.74, 6) is 0.352. The number of carbonyl (C=O) groups excluding carboxylic acids is 1. The minimum Gasteiger partial charge on any atom is -0.497 e. The molecule has 1 aromatic rings. The van der Waals surface area contributed by atoms with Crippen LogP contribution in [0.1, 0.15) is 33.3 Å². The van der Waals surface area contributed by atoms with Gasteiger partial charge in [0.15, 0.2) is 0 Å². The van der Waals surface area contributed by atoms with E-state index in [-0.39, 0.29) is 12.4 Å². The largest absolute Gasteiger partial charge is 0.498 e. The summed E-state index contributed by atoms with van der Waals surface area (Å²) in [6, 6.07) is 5.55. The number of esters is 1. The first kappa shape index (κ1) is 16.8. The lowest BCUT2D eigenvalue weighted by Gasteiger charge is -2.32. The maximum absolute atomic E-state index is 11.4. The minimum atomic E-state index is -0.493. The van der Waals surface area contributed by atoms with E-state index in [1.54, 1.807) is 7.11 Å². The molecule has 1 fully saturated rings. The van der Waals surface area contributed by atoms with Crippen LogP contribution in [0.2, 0.25) is 0 Å². The second kappa shape index (κ2) is 5.93. The molecular formula is C16H23BO5. The van der Waals surface area contributed by atoms with Crippen LogP contribution >= 0.6 is 0 Å². The monoisotopic (exact) mass is 306 g/mol. The molecule has 1 aromatic carbocycles. The van der Waals surface area contributed by atoms with E-state index >= 15 is 0 Å². The molecule has 120 valence electrons. The Bertz CT molecular complexity index is 552. The Morgan fingerprint density at radius 1 is 1.14 bits per heavy atom. The van der Waals surface area contributed by atoms with Gasteiger partial charge in [-0.2, -0.15) is 0 Å². The number of methoxy groups -OCH3 is 2. The fourth-order valence-electron chi connectivity index (χ4n) is 2.27. The Labute approximate surface area is 132 Å². The number of benzene rings is 1. The summed E-state index contributed by atoms with van der Waals surface area (Å²) < 4.78 is 22.2. The summed E-state index contributed by atoms with van der Waals surface area (Å²) in [5.41, 5.74) is 0.819. The highest BCUT2D eigenvalue weighted by molar-refractivity contribution is 6.63. The zero-order valence-corrected chi connectivity index (χ0v) is 14.1. The molecule has 0 unspecified atom stereocenters. The van der Waals surface area contributed by atoms with Gasteiger partial charge in [0.1, 0.15) is 5.75 Å². The Morgan fingerprint density at radius 3 is 2.23 bits per heavy atom. The molecule has 0 saturated carbocycles. The summed E-state index contributed by atoms with van der Waals surface area (Å²) in [6.45, 7) is 8.02. The Kier molecular flexibility index (Phi) is 4.54. The van der Waals surface area contributed by atoms with Crippen molar-refractivity contribution in [2.75, 3.05) is 14.2 Å². The summed E-state index contributed by atoms with van der Waals surface area (Å²) in [5, 5.41) is 0. The molecule has 0 aliphatic carbocycles. The highest BCUT2D eigenvalue weighted by Crippen LogP contribution is 2.37. The molecule has 0 amide bonds. The molecular weight excluding hydrogens is 283 g/mol. The summed E-state index contributed by atoms with van der Waals surface area (Å²) in [7, 11) is 2.47. The Hall–Kier alpha value is -1.53. The molecule has 0 N–H and O–H groups in total. The fraction of sp³-hybridized carbons (Fsp3) is 0.562. The van der Waals surface area contributed by atoms with Crippen molar-refractivity contribution in [3.8, 4) is 5.75 Å². The van der Waals surface area contributed by atoms with Crippen LogP contribution in [-0.4, -0.2) is 38.5 Å². The minimum absolute atomic E-state index is 0.205. The van der Waals surface area contributed by atoms with Crippen LogP contribution in [0.15, 0.2) is 18.2 Å². The predicted octanol–water partition coefficient (Wildman–Crippen LogP) is 1.71. The van der Waals surface area contributed by atoms with E-state index in [2.05, 4.69) is 4.74 Å². The zero-order chi connectivity index (χ0) is 16.5. The topological polar surface area (TPSA) is 54.0 Å². The number of ether oxygens (including phenoxy) is 2. The first-order chi connectivity index (χ1) is 10.2. The highest BCUT2D eigenvalue weighted by Gasteiger charge is 2.52. The van der Waals surface area contributed by atoms with Crippen LogP contribution < -0.4 is 10.2 Å². The summed E-state index contributed by atoms with van der Waals surface area (Å²) >= 11 is 0. The molecule has 1 saturated heterocycles. The van der Waals surface area contributed by atoms with Crippen molar-refractivity contribution in [1.82, 2.24) is 0 Å². The second-order valence-electron chi connectivity index (χ2n) is 6.42. The molecule has 0 radical (unpaired) electrons. The van der Waals surface area contributed by atoms with Gasteiger partial charge in [0, 0.05) is 5.46 Å². The standard InChI is InChI=1S/C16H23BO5/c1-15(2)16(3,4)22-17(21-15)12-8-7-11(9-13(12)19-5)10-14(18)20-6/h7-9H,10H2,1-6H3. The van der Waals surface area contributed by atoms with Gasteiger partial charge in [-0.25, -0.2) is 0 Å². The Morgan fingerprint density at radius 2 is 1.73 bits per heavy atom. The van der Waals surface area contributed by atoms with Gasteiger partial charge in [-0.1, -0.05) is 12.1 Å². The van der Waals surface area contributed by atoms with Crippen molar-refractivity contribution < 1.29 is 23.6 Å². The van der Waals surface area contributed by atoms with E-state index in [0.717, 1.165) is 11.0 Å². The first-order valence-corrected chi connectivity index (χ1v) is 7.29. The van der Waals surface area contributed by atoms with E-state index < -0.39 is 18.3 Å².